The standard InChI is InChI=1S/C20H29N3O3.HI/c1-5-21-19(22-15-20(3,24)18-8-7-13-26-18)23(4)14-16-9-11-17(12-10-16)25-6-2;/h7-13,24H,5-6,14-15H2,1-4H3,(H,21,22);1H. The Balaban J connectivity index is 0.00000364. The number of aliphatic hydroxyl groups is 1. The van der Waals surface area contributed by atoms with Crippen LogP contribution in [0.5, 0.6) is 5.75 Å². The van der Waals surface area contributed by atoms with Crippen LogP contribution in [-0.2, 0) is 12.1 Å². The van der Waals surface area contributed by atoms with Gasteiger partial charge in [-0.15, -0.1) is 24.0 Å². The molecule has 27 heavy (non-hydrogen) atoms. The Labute approximate surface area is 178 Å². The van der Waals surface area contributed by atoms with E-state index in [4.69, 9.17) is 9.15 Å². The summed E-state index contributed by atoms with van der Waals surface area (Å²) >= 11 is 0. The van der Waals surface area contributed by atoms with Crippen molar-refractivity contribution in [2.24, 2.45) is 4.99 Å². The molecule has 1 atom stereocenters. The lowest BCUT2D eigenvalue weighted by atomic mass is 10.0. The summed E-state index contributed by atoms with van der Waals surface area (Å²) in [5.74, 6) is 2.11. The largest absolute Gasteiger partial charge is 0.494 e. The van der Waals surface area contributed by atoms with Gasteiger partial charge in [0.2, 0.25) is 0 Å². The van der Waals surface area contributed by atoms with Gasteiger partial charge in [-0.2, -0.15) is 0 Å². The van der Waals surface area contributed by atoms with E-state index in [0.717, 1.165) is 23.8 Å². The predicted octanol–water partition coefficient (Wildman–Crippen LogP) is 3.60. The van der Waals surface area contributed by atoms with Gasteiger partial charge in [0.1, 0.15) is 17.1 Å². The molecule has 0 fully saturated rings. The first-order chi connectivity index (χ1) is 12.5. The van der Waals surface area contributed by atoms with Crippen molar-refractivity contribution >= 4 is 29.9 Å². The summed E-state index contributed by atoms with van der Waals surface area (Å²) in [5.41, 5.74) is 0.00352. The second-order valence-electron chi connectivity index (χ2n) is 6.35. The Morgan fingerprint density at radius 1 is 1.26 bits per heavy atom. The molecule has 0 saturated heterocycles. The number of halogens is 1. The maximum absolute atomic E-state index is 10.6. The summed E-state index contributed by atoms with van der Waals surface area (Å²) in [5, 5.41) is 13.8. The van der Waals surface area contributed by atoms with Gasteiger partial charge in [0.25, 0.3) is 0 Å². The minimum Gasteiger partial charge on any atom is -0.494 e. The second-order valence-corrected chi connectivity index (χ2v) is 6.35. The zero-order chi connectivity index (χ0) is 19.0. The molecule has 0 bridgehead atoms. The third-order valence-electron chi connectivity index (χ3n) is 3.94. The number of nitrogens with zero attached hydrogens (tertiary/aromatic N) is 2. The Kier molecular flexibility index (Phi) is 9.65. The van der Waals surface area contributed by atoms with Crippen LogP contribution in [0.2, 0.25) is 0 Å². The Morgan fingerprint density at radius 2 is 1.96 bits per heavy atom. The summed E-state index contributed by atoms with van der Waals surface area (Å²) in [6.07, 6.45) is 1.55. The van der Waals surface area contributed by atoms with E-state index in [-0.39, 0.29) is 30.5 Å². The lowest BCUT2D eigenvalue weighted by Gasteiger charge is -2.24. The molecule has 0 aliphatic carbocycles. The van der Waals surface area contributed by atoms with Gasteiger partial charge in [0.05, 0.1) is 19.4 Å². The molecule has 1 unspecified atom stereocenters. The van der Waals surface area contributed by atoms with E-state index in [2.05, 4.69) is 10.3 Å². The number of benzene rings is 1. The van der Waals surface area contributed by atoms with E-state index < -0.39 is 5.60 Å². The van der Waals surface area contributed by atoms with Gasteiger partial charge in [-0.05, 0) is 50.6 Å². The van der Waals surface area contributed by atoms with Gasteiger partial charge in [-0.25, -0.2) is 4.99 Å². The van der Waals surface area contributed by atoms with Gasteiger partial charge in [0.15, 0.2) is 5.96 Å². The fourth-order valence-corrected chi connectivity index (χ4v) is 2.57. The van der Waals surface area contributed by atoms with Crippen molar-refractivity contribution in [1.29, 1.82) is 0 Å². The van der Waals surface area contributed by atoms with Gasteiger partial charge in [-0.3, -0.25) is 0 Å². The molecule has 0 aliphatic rings. The summed E-state index contributed by atoms with van der Waals surface area (Å²) in [4.78, 5) is 6.61. The van der Waals surface area contributed by atoms with Crippen molar-refractivity contribution in [3.8, 4) is 5.75 Å². The van der Waals surface area contributed by atoms with Crippen molar-refractivity contribution in [1.82, 2.24) is 10.2 Å². The zero-order valence-corrected chi connectivity index (χ0v) is 18.8. The lowest BCUT2D eigenvalue weighted by Crippen LogP contribution is -2.39. The Morgan fingerprint density at radius 3 is 2.52 bits per heavy atom. The average Bonchev–Trinajstić information content (AvgIpc) is 3.16. The number of guanidine groups is 1. The highest BCUT2D eigenvalue weighted by Crippen LogP contribution is 2.21. The van der Waals surface area contributed by atoms with Crippen LogP contribution in [0.3, 0.4) is 0 Å². The quantitative estimate of drug-likeness (QED) is 0.339. The molecular formula is C20H30IN3O3. The van der Waals surface area contributed by atoms with E-state index in [9.17, 15) is 5.11 Å². The first-order valence-electron chi connectivity index (χ1n) is 8.93. The Bertz CT molecular complexity index is 685. The van der Waals surface area contributed by atoms with Gasteiger partial charge in [-0.1, -0.05) is 12.1 Å². The molecule has 1 aromatic carbocycles. The molecule has 7 heteroatoms. The monoisotopic (exact) mass is 487 g/mol. The first-order valence-corrected chi connectivity index (χ1v) is 8.93. The van der Waals surface area contributed by atoms with Gasteiger partial charge < -0.3 is 24.5 Å². The van der Waals surface area contributed by atoms with Crippen LogP contribution < -0.4 is 10.1 Å². The maximum atomic E-state index is 10.6. The van der Waals surface area contributed by atoms with E-state index in [0.29, 0.717) is 18.9 Å². The van der Waals surface area contributed by atoms with Crippen molar-refractivity contribution < 1.29 is 14.3 Å². The molecule has 0 saturated carbocycles. The predicted molar refractivity (Wildman–Crippen MR) is 119 cm³/mol. The maximum Gasteiger partial charge on any atom is 0.194 e. The first kappa shape index (κ1) is 23.3. The number of rotatable bonds is 8. The molecule has 150 valence electrons. The van der Waals surface area contributed by atoms with E-state index in [1.54, 1.807) is 25.3 Å². The topological polar surface area (TPSA) is 70.2 Å². The summed E-state index contributed by atoms with van der Waals surface area (Å²) < 4.78 is 10.8. The van der Waals surface area contributed by atoms with Crippen LogP contribution in [0.15, 0.2) is 52.1 Å². The molecule has 2 N–H and O–H groups in total. The molecule has 2 rings (SSSR count). The molecule has 2 aromatic rings. The molecule has 1 heterocycles. The molecule has 0 aliphatic heterocycles. The Hall–Kier alpha value is -1.74. The van der Waals surface area contributed by atoms with Crippen LogP contribution in [0.4, 0.5) is 0 Å². The van der Waals surface area contributed by atoms with Crippen molar-refractivity contribution in [2.45, 2.75) is 32.9 Å². The van der Waals surface area contributed by atoms with Gasteiger partial charge in [0, 0.05) is 20.1 Å². The number of aliphatic imine (C=N–C) groups is 1. The third-order valence-corrected chi connectivity index (χ3v) is 3.94. The number of hydrogen-bond acceptors (Lipinski definition) is 4. The van der Waals surface area contributed by atoms with Crippen molar-refractivity contribution in [3.63, 3.8) is 0 Å². The third kappa shape index (κ3) is 7.06. The summed E-state index contributed by atoms with van der Waals surface area (Å²) in [6.45, 7) is 7.99. The highest BCUT2D eigenvalue weighted by Gasteiger charge is 2.26. The van der Waals surface area contributed by atoms with Crippen LogP contribution >= 0.6 is 24.0 Å². The average molecular weight is 487 g/mol. The normalized spacial score (nSPS) is 13.4. The zero-order valence-electron chi connectivity index (χ0n) is 16.4. The van der Waals surface area contributed by atoms with Crippen molar-refractivity contribution in [2.75, 3.05) is 26.7 Å². The summed E-state index contributed by atoms with van der Waals surface area (Å²) in [7, 11) is 1.97. The molecule has 1 aromatic heterocycles. The van der Waals surface area contributed by atoms with Gasteiger partial charge >= 0.3 is 0 Å². The minimum atomic E-state index is -1.15. The van der Waals surface area contributed by atoms with E-state index >= 15 is 0 Å². The van der Waals surface area contributed by atoms with Crippen LogP contribution in [0, 0.1) is 0 Å². The molecule has 0 spiro atoms. The molecule has 6 nitrogen and oxygen atoms in total. The van der Waals surface area contributed by atoms with Crippen LogP contribution in [0.25, 0.3) is 0 Å². The molecule has 0 amide bonds. The van der Waals surface area contributed by atoms with Crippen molar-refractivity contribution in [3.05, 3.63) is 54.0 Å². The number of ether oxygens (including phenoxy) is 1. The number of hydrogen-bond donors (Lipinski definition) is 2. The van der Waals surface area contributed by atoms with Crippen LogP contribution in [-0.4, -0.2) is 42.7 Å². The van der Waals surface area contributed by atoms with E-state index in [1.165, 1.54) is 0 Å². The highest BCUT2D eigenvalue weighted by molar-refractivity contribution is 14.0. The fraction of sp³-hybridized carbons (Fsp3) is 0.450. The second kappa shape index (κ2) is 11.2. The fourth-order valence-electron chi connectivity index (χ4n) is 2.57. The smallest absolute Gasteiger partial charge is 0.194 e. The molecular weight excluding hydrogens is 457 g/mol. The highest BCUT2D eigenvalue weighted by atomic mass is 127. The lowest BCUT2D eigenvalue weighted by molar-refractivity contribution is 0.0435. The number of nitrogens with one attached hydrogen (secondary N) is 1. The SMILES string of the molecule is CCNC(=NCC(C)(O)c1ccco1)N(C)Cc1ccc(OCC)cc1.I. The summed E-state index contributed by atoms with van der Waals surface area (Å²) in [6, 6.07) is 11.5. The van der Waals surface area contributed by atoms with E-state index in [1.807, 2.05) is 50.1 Å². The van der Waals surface area contributed by atoms with Crippen LogP contribution in [0.1, 0.15) is 32.1 Å². The molecule has 0 radical (unpaired) electrons. The minimum absolute atomic E-state index is 0. The number of furan rings is 1.